The van der Waals surface area contributed by atoms with Gasteiger partial charge in [-0.3, -0.25) is 5.10 Å². The lowest BCUT2D eigenvalue weighted by atomic mass is 10.1. The lowest BCUT2D eigenvalue weighted by molar-refractivity contribution is 0.174. The van der Waals surface area contributed by atoms with Crippen LogP contribution in [0.4, 0.5) is 0 Å². The summed E-state index contributed by atoms with van der Waals surface area (Å²) in [4.78, 5) is 0. The van der Waals surface area contributed by atoms with Crippen molar-refractivity contribution in [2.45, 2.75) is 0 Å². The highest BCUT2D eigenvalue weighted by molar-refractivity contribution is 6.33. The van der Waals surface area contributed by atoms with Crippen LogP contribution < -0.4 is 9.47 Å². The minimum atomic E-state index is 0.248. The SMILES string of the molecule is Clc1cn[nH]c1-c1cccc2c1OCO2. The summed E-state index contributed by atoms with van der Waals surface area (Å²) in [5.74, 6) is 1.45. The number of aromatic amines is 1. The molecule has 0 spiro atoms. The molecule has 4 nitrogen and oxygen atoms in total. The van der Waals surface area contributed by atoms with Crippen LogP contribution in [0, 0.1) is 0 Å². The Kier molecular flexibility index (Phi) is 1.82. The van der Waals surface area contributed by atoms with E-state index >= 15 is 0 Å². The summed E-state index contributed by atoms with van der Waals surface area (Å²) in [6.45, 7) is 0.248. The largest absolute Gasteiger partial charge is 0.454 e. The van der Waals surface area contributed by atoms with Gasteiger partial charge in [-0.2, -0.15) is 5.10 Å². The molecule has 2 heterocycles. The van der Waals surface area contributed by atoms with Crippen LogP contribution in [0.1, 0.15) is 0 Å². The first-order chi connectivity index (χ1) is 7.36. The fourth-order valence-electron chi connectivity index (χ4n) is 1.59. The molecule has 5 heteroatoms. The minimum Gasteiger partial charge on any atom is -0.454 e. The molecule has 1 aromatic carbocycles. The van der Waals surface area contributed by atoms with Crippen LogP contribution in [-0.4, -0.2) is 17.0 Å². The van der Waals surface area contributed by atoms with Crippen molar-refractivity contribution >= 4 is 11.6 Å². The van der Waals surface area contributed by atoms with Crippen molar-refractivity contribution in [2.75, 3.05) is 6.79 Å². The number of benzene rings is 1. The fourth-order valence-corrected chi connectivity index (χ4v) is 1.78. The van der Waals surface area contributed by atoms with E-state index in [0.717, 1.165) is 17.0 Å². The smallest absolute Gasteiger partial charge is 0.231 e. The van der Waals surface area contributed by atoms with E-state index in [1.54, 1.807) is 6.20 Å². The monoisotopic (exact) mass is 222 g/mol. The van der Waals surface area contributed by atoms with Crippen molar-refractivity contribution in [1.29, 1.82) is 0 Å². The van der Waals surface area contributed by atoms with Crippen molar-refractivity contribution in [3.8, 4) is 22.8 Å². The second-order valence-electron chi connectivity index (χ2n) is 3.13. The zero-order valence-electron chi connectivity index (χ0n) is 7.66. The molecule has 0 aliphatic carbocycles. The molecule has 1 aromatic heterocycles. The number of hydrogen-bond donors (Lipinski definition) is 1. The van der Waals surface area contributed by atoms with Crippen molar-refractivity contribution in [3.05, 3.63) is 29.4 Å². The molecule has 0 saturated carbocycles. The number of aromatic nitrogens is 2. The molecule has 2 aromatic rings. The maximum absolute atomic E-state index is 5.99. The minimum absolute atomic E-state index is 0.248. The molecule has 0 atom stereocenters. The Morgan fingerprint density at radius 2 is 2.27 bits per heavy atom. The molecule has 0 fully saturated rings. The van der Waals surface area contributed by atoms with Crippen LogP contribution in [0.3, 0.4) is 0 Å². The molecule has 76 valence electrons. The highest BCUT2D eigenvalue weighted by Gasteiger charge is 2.20. The third-order valence-electron chi connectivity index (χ3n) is 2.26. The molecule has 0 amide bonds. The van der Waals surface area contributed by atoms with E-state index in [-0.39, 0.29) is 6.79 Å². The first kappa shape index (κ1) is 8.61. The van der Waals surface area contributed by atoms with Gasteiger partial charge in [0.15, 0.2) is 11.5 Å². The first-order valence-electron chi connectivity index (χ1n) is 4.44. The molecular weight excluding hydrogens is 216 g/mol. The van der Waals surface area contributed by atoms with Crippen molar-refractivity contribution in [1.82, 2.24) is 10.2 Å². The molecule has 1 aliphatic heterocycles. The van der Waals surface area contributed by atoms with Gasteiger partial charge in [0.05, 0.1) is 16.9 Å². The summed E-state index contributed by atoms with van der Waals surface area (Å²) in [7, 11) is 0. The molecule has 1 aliphatic rings. The van der Waals surface area contributed by atoms with Gasteiger partial charge in [-0.05, 0) is 12.1 Å². The van der Waals surface area contributed by atoms with Gasteiger partial charge in [-0.15, -0.1) is 0 Å². The van der Waals surface area contributed by atoms with E-state index in [1.165, 1.54) is 0 Å². The van der Waals surface area contributed by atoms with E-state index < -0.39 is 0 Å². The van der Waals surface area contributed by atoms with E-state index in [2.05, 4.69) is 10.2 Å². The molecule has 0 saturated heterocycles. The van der Waals surface area contributed by atoms with Crippen LogP contribution in [0.2, 0.25) is 5.02 Å². The fraction of sp³-hybridized carbons (Fsp3) is 0.100. The maximum atomic E-state index is 5.99. The average molecular weight is 223 g/mol. The van der Waals surface area contributed by atoms with Crippen molar-refractivity contribution in [2.24, 2.45) is 0 Å². The summed E-state index contributed by atoms with van der Waals surface area (Å²) in [6.07, 6.45) is 1.56. The van der Waals surface area contributed by atoms with Crippen LogP contribution >= 0.6 is 11.6 Å². The van der Waals surface area contributed by atoms with Gasteiger partial charge in [0.1, 0.15) is 0 Å². The predicted molar refractivity (Wildman–Crippen MR) is 55.2 cm³/mol. The molecular formula is C10H7ClN2O2. The van der Waals surface area contributed by atoms with Gasteiger partial charge in [0.25, 0.3) is 0 Å². The number of rotatable bonds is 1. The van der Waals surface area contributed by atoms with Crippen molar-refractivity contribution < 1.29 is 9.47 Å². The molecule has 0 bridgehead atoms. The van der Waals surface area contributed by atoms with Crippen LogP contribution in [0.15, 0.2) is 24.4 Å². The van der Waals surface area contributed by atoms with Gasteiger partial charge < -0.3 is 9.47 Å². The normalized spacial score (nSPS) is 13.1. The average Bonchev–Trinajstić information content (AvgIpc) is 2.85. The number of ether oxygens (including phenoxy) is 2. The van der Waals surface area contributed by atoms with E-state index in [0.29, 0.717) is 10.8 Å². The Labute approximate surface area is 90.8 Å². The van der Waals surface area contributed by atoms with Gasteiger partial charge in [0.2, 0.25) is 6.79 Å². The number of fused-ring (bicyclic) bond motifs is 1. The van der Waals surface area contributed by atoms with E-state index in [1.807, 2.05) is 18.2 Å². The topological polar surface area (TPSA) is 47.1 Å². The van der Waals surface area contributed by atoms with Crippen LogP contribution in [0.5, 0.6) is 11.5 Å². The summed E-state index contributed by atoms with van der Waals surface area (Å²) >= 11 is 5.99. The number of halogens is 1. The number of para-hydroxylation sites is 1. The third-order valence-corrected chi connectivity index (χ3v) is 2.55. The maximum Gasteiger partial charge on any atom is 0.231 e. The first-order valence-corrected chi connectivity index (χ1v) is 4.82. The highest BCUT2D eigenvalue weighted by Crippen LogP contribution is 2.42. The quantitative estimate of drug-likeness (QED) is 0.806. The lowest BCUT2D eigenvalue weighted by Gasteiger charge is -2.03. The molecule has 3 rings (SSSR count). The zero-order chi connectivity index (χ0) is 10.3. The third kappa shape index (κ3) is 1.26. The summed E-state index contributed by atoms with van der Waals surface area (Å²) in [5, 5.41) is 7.27. The predicted octanol–water partition coefficient (Wildman–Crippen LogP) is 2.46. The number of hydrogen-bond acceptors (Lipinski definition) is 3. The number of H-pyrrole nitrogens is 1. The van der Waals surface area contributed by atoms with Crippen molar-refractivity contribution in [3.63, 3.8) is 0 Å². The van der Waals surface area contributed by atoms with Gasteiger partial charge >= 0.3 is 0 Å². The number of nitrogens with one attached hydrogen (secondary N) is 1. The zero-order valence-corrected chi connectivity index (χ0v) is 8.41. The van der Waals surface area contributed by atoms with Gasteiger partial charge in [0, 0.05) is 5.56 Å². The Morgan fingerprint density at radius 1 is 1.33 bits per heavy atom. The molecule has 0 radical (unpaired) electrons. The standard InChI is InChI=1S/C10H7ClN2O2/c11-7-4-12-13-9(7)6-2-1-3-8-10(6)15-5-14-8/h1-4H,5H2,(H,12,13). The Hall–Kier alpha value is -1.68. The van der Waals surface area contributed by atoms with E-state index in [9.17, 15) is 0 Å². The highest BCUT2D eigenvalue weighted by atomic mass is 35.5. The van der Waals surface area contributed by atoms with Crippen LogP contribution in [-0.2, 0) is 0 Å². The summed E-state index contributed by atoms with van der Waals surface area (Å²) in [5.41, 5.74) is 1.62. The summed E-state index contributed by atoms with van der Waals surface area (Å²) in [6, 6.07) is 5.66. The Balaban J connectivity index is 2.21. The lowest BCUT2D eigenvalue weighted by Crippen LogP contribution is -1.93. The van der Waals surface area contributed by atoms with Gasteiger partial charge in [-0.1, -0.05) is 17.7 Å². The van der Waals surface area contributed by atoms with E-state index in [4.69, 9.17) is 21.1 Å². The molecule has 1 N–H and O–H groups in total. The molecule has 15 heavy (non-hydrogen) atoms. The summed E-state index contributed by atoms with van der Waals surface area (Å²) < 4.78 is 10.7. The Bertz CT molecular complexity index is 510. The van der Waals surface area contributed by atoms with Gasteiger partial charge in [-0.25, -0.2) is 0 Å². The second kappa shape index (κ2) is 3.17. The second-order valence-corrected chi connectivity index (χ2v) is 3.54. The number of nitrogens with zero attached hydrogens (tertiary/aromatic N) is 1. The van der Waals surface area contributed by atoms with Crippen LogP contribution in [0.25, 0.3) is 11.3 Å². The Morgan fingerprint density at radius 3 is 3.07 bits per heavy atom. The molecule has 0 unspecified atom stereocenters.